The first-order valence-electron chi connectivity index (χ1n) is 8.09. The molecule has 25 heavy (non-hydrogen) atoms. The van der Waals surface area contributed by atoms with Crippen LogP contribution in [0.15, 0.2) is 42.5 Å². The molecule has 3 rings (SSSR count). The molecule has 0 radical (unpaired) electrons. The second-order valence-corrected chi connectivity index (χ2v) is 6.52. The van der Waals surface area contributed by atoms with E-state index in [1.165, 1.54) is 0 Å². The summed E-state index contributed by atoms with van der Waals surface area (Å²) >= 11 is 5.93. The number of hydrogen-bond donors (Lipinski definition) is 2. The van der Waals surface area contributed by atoms with Gasteiger partial charge in [0.2, 0.25) is 0 Å². The molecule has 2 N–H and O–H groups in total. The number of nitrogens with one attached hydrogen (secondary N) is 2. The highest BCUT2D eigenvalue weighted by atomic mass is 35.5. The fourth-order valence-corrected chi connectivity index (χ4v) is 2.94. The highest BCUT2D eigenvalue weighted by Gasteiger charge is 2.45. The van der Waals surface area contributed by atoms with Gasteiger partial charge >= 0.3 is 6.03 Å². The molecule has 1 saturated carbocycles. The Balaban J connectivity index is 1.59. The quantitative estimate of drug-likeness (QED) is 0.822. The van der Waals surface area contributed by atoms with Crippen molar-refractivity contribution in [1.29, 1.82) is 0 Å². The van der Waals surface area contributed by atoms with Crippen molar-refractivity contribution >= 4 is 17.6 Å². The number of halogens is 1. The average molecular weight is 361 g/mol. The highest BCUT2D eigenvalue weighted by Crippen LogP contribution is 2.45. The molecular formula is C19H21ClN2O3. The van der Waals surface area contributed by atoms with E-state index in [9.17, 15) is 4.79 Å². The fraction of sp³-hybridized carbons (Fsp3) is 0.316. The maximum atomic E-state index is 12.3. The summed E-state index contributed by atoms with van der Waals surface area (Å²) in [5.41, 5.74) is 1.74. The summed E-state index contributed by atoms with van der Waals surface area (Å²) in [6, 6.07) is 13.0. The van der Waals surface area contributed by atoms with Gasteiger partial charge in [-0.15, -0.1) is 0 Å². The Bertz CT molecular complexity index is 758. The molecule has 0 bridgehead atoms. The van der Waals surface area contributed by atoms with Crippen LogP contribution in [-0.4, -0.2) is 20.3 Å². The summed E-state index contributed by atoms with van der Waals surface area (Å²) in [5, 5.41) is 6.66. The van der Waals surface area contributed by atoms with Gasteiger partial charge in [0.25, 0.3) is 0 Å². The molecule has 0 unspecified atom stereocenters. The van der Waals surface area contributed by atoms with Crippen LogP contribution in [0.4, 0.5) is 4.79 Å². The number of urea groups is 1. The Labute approximate surface area is 152 Å². The highest BCUT2D eigenvalue weighted by molar-refractivity contribution is 6.30. The van der Waals surface area contributed by atoms with Gasteiger partial charge in [-0.1, -0.05) is 29.8 Å². The van der Waals surface area contributed by atoms with Crippen molar-refractivity contribution in [2.75, 3.05) is 14.2 Å². The van der Waals surface area contributed by atoms with Gasteiger partial charge in [0.05, 0.1) is 19.8 Å². The number of carbonyl (C=O) groups excluding carboxylic acids is 1. The third-order valence-corrected chi connectivity index (χ3v) is 4.65. The smallest absolute Gasteiger partial charge is 0.315 e. The van der Waals surface area contributed by atoms with Crippen LogP contribution in [0.25, 0.3) is 0 Å². The van der Waals surface area contributed by atoms with Gasteiger partial charge < -0.3 is 20.1 Å². The fourth-order valence-electron chi connectivity index (χ4n) is 2.81. The van der Waals surface area contributed by atoms with E-state index < -0.39 is 0 Å². The molecule has 0 atom stereocenters. The van der Waals surface area contributed by atoms with Gasteiger partial charge in [0, 0.05) is 11.6 Å². The van der Waals surface area contributed by atoms with Crippen LogP contribution in [0.5, 0.6) is 11.5 Å². The van der Waals surface area contributed by atoms with Crippen LogP contribution in [0.3, 0.4) is 0 Å². The van der Waals surface area contributed by atoms with Gasteiger partial charge in [0.15, 0.2) is 11.5 Å². The third kappa shape index (κ3) is 3.99. The van der Waals surface area contributed by atoms with Crippen molar-refractivity contribution in [2.24, 2.45) is 0 Å². The van der Waals surface area contributed by atoms with E-state index in [1.807, 2.05) is 42.5 Å². The van der Waals surface area contributed by atoms with E-state index in [-0.39, 0.29) is 11.6 Å². The van der Waals surface area contributed by atoms with Crippen LogP contribution in [0, 0.1) is 0 Å². The summed E-state index contributed by atoms with van der Waals surface area (Å²) < 4.78 is 10.5. The monoisotopic (exact) mass is 360 g/mol. The van der Waals surface area contributed by atoms with Crippen molar-refractivity contribution < 1.29 is 14.3 Å². The lowest BCUT2D eigenvalue weighted by molar-refractivity contribution is 0.235. The maximum Gasteiger partial charge on any atom is 0.315 e. The second kappa shape index (κ2) is 7.23. The number of methoxy groups -OCH3 is 2. The molecule has 6 heteroatoms. The Morgan fingerprint density at radius 2 is 1.76 bits per heavy atom. The molecule has 1 fully saturated rings. The number of amides is 2. The lowest BCUT2D eigenvalue weighted by Crippen LogP contribution is -2.41. The van der Waals surface area contributed by atoms with Crippen molar-refractivity contribution in [3.05, 3.63) is 58.6 Å². The molecule has 132 valence electrons. The van der Waals surface area contributed by atoms with E-state index in [1.54, 1.807) is 14.2 Å². The minimum Gasteiger partial charge on any atom is -0.493 e. The van der Waals surface area contributed by atoms with E-state index in [4.69, 9.17) is 21.1 Å². The summed E-state index contributed by atoms with van der Waals surface area (Å²) in [4.78, 5) is 12.3. The molecule has 1 aliphatic rings. The van der Waals surface area contributed by atoms with E-state index in [0.29, 0.717) is 23.1 Å². The van der Waals surface area contributed by atoms with Gasteiger partial charge in [-0.25, -0.2) is 4.79 Å². The maximum absolute atomic E-state index is 12.3. The number of carbonyl (C=O) groups is 1. The molecule has 0 heterocycles. The summed E-state index contributed by atoms with van der Waals surface area (Å²) in [6.07, 6.45) is 1.86. The van der Waals surface area contributed by atoms with Crippen LogP contribution in [0.2, 0.25) is 5.02 Å². The molecule has 2 aromatic carbocycles. The molecule has 1 aliphatic carbocycles. The first-order valence-corrected chi connectivity index (χ1v) is 8.47. The predicted molar refractivity (Wildman–Crippen MR) is 97.3 cm³/mol. The van der Waals surface area contributed by atoms with Crippen molar-refractivity contribution in [3.63, 3.8) is 0 Å². The zero-order chi connectivity index (χ0) is 17.9. The third-order valence-electron chi connectivity index (χ3n) is 4.40. The van der Waals surface area contributed by atoms with Gasteiger partial charge in [-0.2, -0.15) is 0 Å². The molecule has 0 aromatic heterocycles. The summed E-state index contributed by atoms with van der Waals surface area (Å²) in [5.74, 6) is 1.30. The van der Waals surface area contributed by atoms with Crippen LogP contribution < -0.4 is 20.1 Å². The first kappa shape index (κ1) is 17.4. The molecular weight excluding hydrogens is 340 g/mol. The molecule has 0 spiro atoms. The minimum absolute atomic E-state index is 0.192. The van der Waals surface area contributed by atoms with Crippen LogP contribution in [-0.2, 0) is 12.1 Å². The van der Waals surface area contributed by atoms with E-state index in [2.05, 4.69) is 10.6 Å². The first-order chi connectivity index (χ1) is 12.1. The molecule has 2 amide bonds. The molecule has 0 saturated heterocycles. The van der Waals surface area contributed by atoms with E-state index >= 15 is 0 Å². The average Bonchev–Trinajstić information content (AvgIpc) is 3.40. The molecule has 0 aliphatic heterocycles. The largest absolute Gasteiger partial charge is 0.493 e. The summed E-state index contributed by atoms with van der Waals surface area (Å²) in [7, 11) is 3.18. The standard InChI is InChI=1S/C19H21ClN2O3/c1-24-16-8-3-13(11-17(16)25-2)12-21-18(23)22-19(9-10-19)14-4-6-15(20)7-5-14/h3-8,11H,9-10,12H2,1-2H3,(H2,21,22,23). The number of benzene rings is 2. The second-order valence-electron chi connectivity index (χ2n) is 6.09. The van der Waals surface area contributed by atoms with Crippen LogP contribution in [0.1, 0.15) is 24.0 Å². The van der Waals surface area contributed by atoms with Gasteiger partial charge in [-0.3, -0.25) is 0 Å². The van der Waals surface area contributed by atoms with E-state index in [0.717, 1.165) is 24.0 Å². The molecule has 2 aromatic rings. The summed E-state index contributed by atoms with van der Waals surface area (Å²) in [6.45, 7) is 0.406. The normalized spacial score (nSPS) is 14.5. The SMILES string of the molecule is COc1ccc(CNC(=O)NC2(c3ccc(Cl)cc3)CC2)cc1OC. The van der Waals surface area contributed by atoms with Crippen LogP contribution >= 0.6 is 11.6 Å². The minimum atomic E-state index is -0.272. The zero-order valence-corrected chi connectivity index (χ0v) is 15.0. The Morgan fingerprint density at radius 1 is 1.08 bits per heavy atom. The Morgan fingerprint density at radius 3 is 2.36 bits per heavy atom. The molecule has 5 nitrogen and oxygen atoms in total. The van der Waals surface area contributed by atoms with Gasteiger partial charge in [0.1, 0.15) is 0 Å². The number of ether oxygens (including phenoxy) is 2. The van der Waals surface area contributed by atoms with Gasteiger partial charge in [-0.05, 0) is 48.2 Å². The zero-order valence-electron chi connectivity index (χ0n) is 14.3. The van der Waals surface area contributed by atoms with Crippen molar-refractivity contribution in [1.82, 2.24) is 10.6 Å². The Hall–Kier alpha value is -2.40. The predicted octanol–water partition coefficient (Wildman–Crippen LogP) is 3.85. The topological polar surface area (TPSA) is 59.6 Å². The number of hydrogen-bond acceptors (Lipinski definition) is 3. The van der Waals surface area contributed by atoms with Crippen molar-refractivity contribution in [2.45, 2.75) is 24.9 Å². The van der Waals surface area contributed by atoms with Crippen molar-refractivity contribution in [3.8, 4) is 11.5 Å². The lowest BCUT2D eigenvalue weighted by Gasteiger charge is -2.19. The Kier molecular flexibility index (Phi) is 5.04. The number of rotatable bonds is 6. The lowest BCUT2D eigenvalue weighted by atomic mass is 10.1.